The monoisotopic (exact) mass is 228 g/mol. The Kier molecular flexibility index (Phi) is 6.84. The van der Waals surface area contributed by atoms with Gasteiger partial charge in [-0.25, -0.2) is 0 Å². The van der Waals surface area contributed by atoms with Crippen molar-refractivity contribution in [3.05, 3.63) is 0 Å². The summed E-state index contributed by atoms with van der Waals surface area (Å²) in [6, 6.07) is -0.0217. The van der Waals surface area contributed by atoms with Crippen molar-refractivity contribution < 1.29 is 4.79 Å². The molecule has 0 aliphatic rings. The van der Waals surface area contributed by atoms with Gasteiger partial charge in [0.2, 0.25) is 0 Å². The van der Waals surface area contributed by atoms with E-state index < -0.39 is 0 Å². The summed E-state index contributed by atoms with van der Waals surface area (Å²) < 4.78 is 0. The van der Waals surface area contributed by atoms with E-state index in [0.717, 1.165) is 19.3 Å². The number of carbonyl (C=O) groups is 1. The van der Waals surface area contributed by atoms with E-state index in [2.05, 4.69) is 26.1 Å². The first-order valence-corrected chi connectivity index (χ1v) is 6.29. The van der Waals surface area contributed by atoms with Gasteiger partial charge in [-0.15, -0.1) is 0 Å². The second-order valence-electron chi connectivity index (χ2n) is 5.79. The van der Waals surface area contributed by atoms with Crippen LogP contribution >= 0.6 is 0 Å². The number of hydrogen-bond acceptors (Lipinski definition) is 3. The fourth-order valence-corrected chi connectivity index (χ4v) is 1.70. The van der Waals surface area contributed by atoms with Crippen molar-refractivity contribution in [2.24, 2.45) is 11.7 Å². The Bertz CT molecular complexity index is 206. The molecule has 0 heterocycles. The van der Waals surface area contributed by atoms with Gasteiger partial charge in [0, 0.05) is 11.5 Å². The highest BCUT2D eigenvalue weighted by atomic mass is 16.1. The molecule has 0 spiro atoms. The predicted octanol–water partition coefficient (Wildman–Crippen LogP) is 2.10. The van der Waals surface area contributed by atoms with Crippen molar-refractivity contribution in [3.63, 3.8) is 0 Å². The molecule has 96 valence electrons. The maximum atomic E-state index is 12.0. The van der Waals surface area contributed by atoms with Crippen molar-refractivity contribution in [2.45, 2.75) is 65.5 Å². The second-order valence-corrected chi connectivity index (χ2v) is 5.79. The summed E-state index contributed by atoms with van der Waals surface area (Å²) in [5.74, 6) is 0.407. The van der Waals surface area contributed by atoms with E-state index in [0.29, 0.717) is 12.3 Å². The van der Waals surface area contributed by atoms with E-state index in [1.165, 1.54) is 0 Å². The van der Waals surface area contributed by atoms with Gasteiger partial charge in [-0.3, -0.25) is 4.79 Å². The van der Waals surface area contributed by atoms with E-state index in [-0.39, 0.29) is 17.5 Å². The molecule has 0 aromatic heterocycles. The Morgan fingerprint density at radius 2 is 1.81 bits per heavy atom. The first-order chi connectivity index (χ1) is 7.28. The van der Waals surface area contributed by atoms with E-state index in [1.54, 1.807) is 0 Å². The van der Waals surface area contributed by atoms with Gasteiger partial charge in [0.05, 0.1) is 6.04 Å². The fraction of sp³-hybridized carbons (Fsp3) is 0.923. The molecule has 0 saturated carbocycles. The largest absolute Gasteiger partial charge is 0.330 e. The number of nitrogens with one attached hydrogen (secondary N) is 1. The average molecular weight is 228 g/mol. The number of Topliss-reactive ketones (excluding diaryl/α,β-unsaturated/α-hetero) is 1. The molecule has 3 heteroatoms. The molecule has 0 aromatic carbocycles. The van der Waals surface area contributed by atoms with Gasteiger partial charge >= 0.3 is 0 Å². The third kappa shape index (κ3) is 6.96. The van der Waals surface area contributed by atoms with Gasteiger partial charge in [-0.2, -0.15) is 0 Å². The molecule has 0 aliphatic heterocycles. The molecule has 0 saturated heterocycles. The SMILES string of the molecule is CC(C)C(=O)C(CCCCN)NC(C)(C)C. The van der Waals surface area contributed by atoms with Crippen LogP contribution in [0.5, 0.6) is 0 Å². The molecule has 0 rings (SSSR count). The normalized spacial score (nSPS) is 14.2. The van der Waals surface area contributed by atoms with Crippen molar-refractivity contribution in [1.29, 1.82) is 0 Å². The molecule has 3 nitrogen and oxygen atoms in total. The molecule has 16 heavy (non-hydrogen) atoms. The molecule has 3 N–H and O–H groups in total. The summed E-state index contributed by atoms with van der Waals surface area (Å²) in [6.45, 7) is 10.9. The summed E-state index contributed by atoms with van der Waals surface area (Å²) >= 11 is 0. The van der Waals surface area contributed by atoms with Crippen molar-refractivity contribution in [2.75, 3.05) is 6.54 Å². The first kappa shape index (κ1) is 15.6. The molecule has 0 aromatic rings. The maximum Gasteiger partial charge on any atom is 0.152 e. The van der Waals surface area contributed by atoms with E-state index in [9.17, 15) is 4.79 Å². The van der Waals surface area contributed by atoms with E-state index in [4.69, 9.17) is 5.73 Å². The number of carbonyl (C=O) groups excluding carboxylic acids is 1. The quantitative estimate of drug-likeness (QED) is 0.656. The first-order valence-electron chi connectivity index (χ1n) is 6.29. The average Bonchev–Trinajstić information content (AvgIpc) is 2.13. The molecular formula is C13H28N2O. The van der Waals surface area contributed by atoms with Gasteiger partial charge in [0.15, 0.2) is 5.78 Å². The Morgan fingerprint density at radius 3 is 2.19 bits per heavy atom. The molecule has 0 radical (unpaired) electrons. The lowest BCUT2D eigenvalue weighted by Crippen LogP contribution is -2.48. The molecule has 0 amide bonds. The predicted molar refractivity (Wildman–Crippen MR) is 69.4 cm³/mol. The zero-order valence-corrected chi connectivity index (χ0v) is 11.5. The lowest BCUT2D eigenvalue weighted by atomic mass is 9.94. The lowest BCUT2D eigenvalue weighted by molar-refractivity contribution is -0.124. The van der Waals surface area contributed by atoms with Crippen LogP contribution in [0.2, 0.25) is 0 Å². The smallest absolute Gasteiger partial charge is 0.152 e. The van der Waals surface area contributed by atoms with E-state index >= 15 is 0 Å². The van der Waals surface area contributed by atoms with Crippen LogP contribution in [-0.4, -0.2) is 23.9 Å². The zero-order valence-electron chi connectivity index (χ0n) is 11.5. The zero-order chi connectivity index (χ0) is 12.8. The van der Waals surface area contributed by atoms with E-state index in [1.807, 2.05) is 13.8 Å². The van der Waals surface area contributed by atoms with Crippen LogP contribution in [0, 0.1) is 5.92 Å². The van der Waals surface area contributed by atoms with Gasteiger partial charge in [0.1, 0.15) is 0 Å². The Morgan fingerprint density at radius 1 is 1.25 bits per heavy atom. The van der Waals surface area contributed by atoms with Gasteiger partial charge in [0.25, 0.3) is 0 Å². The van der Waals surface area contributed by atoms with Gasteiger partial charge in [-0.05, 0) is 40.2 Å². The number of nitrogens with two attached hydrogens (primary N) is 1. The summed E-state index contributed by atoms with van der Waals surface area (Å²) in [4.78, 5) is 12.0. The number of unbranched alkanes of at least 4 members (excludes halogenated alkanes) is 1. The molecule has 0 fully saturated rings. The van der Waals surface area contributed by atoms with Crippen LogP contribution in [0.4, 0.5) is 0 Å². The highest BCUT2D eigenvalue weighted by Gasteiger charge is 2.24. The Hall–Kier alpha value is -0.410. The highest BCUT2D eigenvalue weighted by Crippen LogP contribution is 2.11. The van der Waals surface area contributed by atoms with Crippen molar-refractivity contribution in [1.82, 2.24) is 5.32 Å². The van der Waals surface area contributed by atoms with Crippen molar-refractivity contribution in [3.8, 4) is 0 Å². The summed E-state index contributed by atoms with van der Waals surface area (Å²) in [5.41, 5.74) is 5.46. The summed E-state index contributed by atoms with van der Waals surface area (Å²) in [7, 11) is 0. The topological polar surface area (TPSA) is 55.1 Å². The molecule has 0 bridgehead atoms. The third-order valence-electron chi connectivity index (χ3n) is 2.47. The lowest BCUT2D eigenvalue weighted by Gasteiger charge is -2.28. The number of rotatable bonds is 7. The second kappa shape index (κ2) is 7.02. The molecule has 1 unspecified atom stereocenters. The van der Waals surface area contributed by atoms with Crippen LogP contribution in [-0.2, 0) is 4.79 Å². The van der Waals surface area contributed by atoms with Crippen molar-refractivity contribution >= 4 is 5.78 Å². The molecule has 0 aliphatic carbocycles. The number of hydrogen-bond donors (Lipinski definition) is 2. The van der Waals surface area contributed by atoms with Gasteiger partial charge in [-0.1, -0.05) is 20.3 Å². The minimum atomic E-state index is -0.0217. The fourth-order valence-electron chi connectivity index (χ4n) is 1.70. The number of ketones is 1. The standard InChI is InChI=1S/C13H28N2O/c1-10(2)12(16)11(8-6-7-9-14)15-13(3,4)5/h10-11,15H,6-9,14H2,1-5H3. The van der Waals surface area contributed by atoms with Crippen LogP contribution < -0.4 is 11.1 Å². The van der Waals surface area contributed by atoms with Crippen LogP contribution in [0.15, 0.2) is 0 Å². The summed E-state index contributed by atoms with van der Waals surface area (Å²) in [6.07, 6.45) is 2.90. The highest BCUT2D eigenvalue weighted by molar-refractivity contribution is 5.85. The third-order valence-corrected chi connectivity index (χ3v) is 2.47. The van der Waals surface area contributed by atoms with Crippen LogP contribution in [0.3, 0.4) is 0 Å². The Labute approximate surface area is 100 Å². The van der Waals surface area contributed by atoms with Gasteiger partial charge < -0.3 is 11.1 Å². The summed E-state index contributed by atoms with van der Waals surface area (Å²) in [5, 5.41) is 3.41. The van der Waals surface area contributed by atoms with Crippen LogP contribution in [0.1, 0.15) is 53.9 Å². The van der Waals surface area contributed by atoms with Crippen LogP contribution in [0.25, 0.3) is 0 Å². The Balaban J connectivity index is 4.33. The maximum absolute atomic E-state index is 12.0. The minimum Gasteiger partial charge on any atom is -0.330 e. The molecular weight excluding hydrogens is 200 g/mol. The molecule has 1 atom stereocenters. The minimum absolute atomic E-state index is 0.0159.